The van der Waals surface area contributed by atoms with Gasteiger partial charge in [-0.15, -0.1) is 0 Å². The van der Waals surface area contributed by atoms with E-state index in [1.54, 1.807) is 0 Å². The number of esters is 3. The normalized spacial score (nSPS) is 11.9. The summed E-state index contributed by atoms with van der Waals surface area (Å²) < 4.78 is 16.5. The van der Waals surface area contributed by atoms with E-state index in [-0.39, 0.29) is 31.1 Å². The van der Waals surface area contributed by atoms with E-state index in [0.717, 1.165) is 70.1 Å². The van der Waals surface area contributed by atoms with Crippen molar-refractivity contribution in [3.05, 3.63) is 0 Å². The Morgan fingerprint density at radius 3 is 1.02 bits per heavy atom. The SMILES string of the molecule is CCCCCCCCCC(=O)O[C@@H](COC(=O)CCCCCCC)COC(=O)CCCCCCCCCCCCCCCCCC(C)C. The molecule has 6 nitrogen and oxygen atoms in total. The molecule has 0 saturated heterocycles. The summed E-state index contributed by atoms with van der Waals surface area (Å²) in [5.74, 6) is -0.0315. The Labute approximate surface area is 298 Å². The van der Waals surface area contributed by atoms with Crippen LogP contribution in [0.25, 0.3) is 0 Å². The summed E-state index contributed by atoms with van der Waals surface area (Å²) in [6.45, 7) is 8.87. The van der Waals surface area contributed by atoms with Crippen LogP contribution >= 0.6 is 0 Å². The second-order valence-corrected chi connectivity index (χ2v) is 14.7. The maximum absolute atomic E-state index is 12.5. The van der Waals surface area contributed by atoms with Gasteiger partial charge < -0.3 is 14.2 Å². The summed E-state index contributed by atoms with van der Waals surface area (Å²) in [6.07, 6.45) is 34.2. The Morgan fingerprint density at radius 1 is 0.396 bits per heavy atom. The number of ether oxygens (including phenoxy) is 3. The second-order valence-electron chi connectivity index (χ2n) is 14.7. The van der Waals surface area contributed by atoms with Crippen LogP contribution in [0.5, 0.6) is 0 Å². The van der Waals surface area contributed by atoms with Crippen LogP contribution < -0.4 is 0 Å². The number of hydrogen-bond donors (Lipinski definition) is 0. The van der Waals surface area contributed by atoms with E-state index < -0.39 is 6.10 Å². The molecule has 0 spiro atoms. The Hall–Kier alpha value is -1.59. The highest BCUT2D eigenvalue weighted by Crippen LogP contribution is 2.16. The molecule has 48 heavy (non-hydrogen) atoms. The summed E-state index contributed by atoms with van der Waals surface area (Å²) in [4.78, 5) is 37.2. The zero-order valence-corrected chi connectivity index (χ0v) is 32.4. The van der Waals surface area contributed by atoms with Gasteiger partial charge in [-0.2, -0.15) is 0 Å². The van der Waals surface area contributed by atoms with Crippen molar-refractivity contribution in [1.82, 2.24) is 0 Å². The van der Waals surface area contributed by atoms with Crippen molar-refractivity contribution in [1.29, 1.82) is 0 Å². The fourth-order valence-corrected chi connectivity index (χ4v) is 6.10. The van der Waals surface area contributed by atoms with Crippen LogP contribution in [0.1, 0.15) is 227 Å². The van der Waals surface area contributed by atoms with Crippen LogP contribution in [0.15, 0.2) is 0 Å². The van der Waals surface area contributed by atoms with Gasteiger partial charge in [-0.25, -0.2) is 0 Å². The van der Waals surface area contributed by atoms with Crippen molar-refractivity contribution in [2.24, 2.45) is 5.92 Å². The number of carbonyl (C=O) groups is 3. The summed E-state index contributed by atoms with van der Waals surface area (Å²) in [5.41, 5.74) is 0. The molecule has 0 saturated carbocycles. The zero-order valence-electron chi connectivity index (χ0n) is 32.4. The molecule has 0 bridgehead atoms. The van der Waals surface area contributed by atoms with Gasteiger partial charge in [0, 0.05) is 19.3 Å². The number of rotatable bonds is 37. The van der Waals surface area contributed by atoms with Crippen molar-refractivity contribution in [2.45, 2.75) is 233 Å². The largest absolute Gasteiger partial charge is 0.462 e. The van der Waals surface area contributed by atoms with Crippen LogP contribution in [0.2, 0.25) is 0 Å². The molecule has 0 fully saturated rings. The minimum absolute atomic E-state index is 0.0658. The molecule has 0 aromatic rings. The van der Waals surface area contributed by atoms with Crippen LogP contribution in [-0.2, 0) is 28.6 Å². The third-order valence-corrected chi connectivity index (χ3v) is 9.29. The van der Waals surface area contributed by atoms with Crippen molar-refractivity contribution in [3.8, 4) is 0 Å². The first-order valence-corrected chi connectivity index (χ1v) is 20.9. The lowest BCUT2D eigenvalue weighted by Crippen LogP contribution is -2.30. The molecule has 0 aromatic heterocycles. The lowest BCUT2D eigenvalue weighted by Gasteiger charge is -2.18. The minimum atomic E-state index is -0.755. The van der Waals surface area contributed by atoms with Crippen molar-refractivity contribution in [2.75, 3.05) is 13.2 Å². The molecule has 0 unspecified atom stereocenters. The maximum atomic E-state index is 12.5. The molecule has 1 atom stereocenters. The van der Waals surface area contributed by atoms with Gasteiger partial charge in [0.1, 0.15) is 13.2 Å². The fraction of sp³-hybridized carbons (Fsp3) is 0.929. The van der Waals surface area contributed by atoms with Crippen molar-refractivity contribution < 1.29 is 28.6 Å². The van der Waals surface area contributed by atoms with E-state index >= 15 is 0 Å². The molecule has 0 aliphatic carbocycles. The van der Waals surface area contributed by atoms with Gasteiger partial charge in [0.2, 0.25) is 0 Å². The van der Waals surface area contributed by atoms with Gasteiger partial charge in [-0.05, 0) is 25.2 Å². The topological polar surface area (TPSA) is 78.9 Å². The van der Waals surface area contributed by atoms with Crippen LogP contribution in [0.3, 0.4) is 0 Å². The number of unbranched alkanes of at least 4 members (excludes halogenated alkanes) is 24. The highest BCUT2D eigenvalue weighted by molar-refractivity contribution is 5.71. The van der Waals surface area contributed by atoms with E-state index in [4.69, 9.17) is 14.2 Å². The van der Waals surface area contributed by atoms with Gasteiger partial charge in [0.15, 0.2) is 6.10 Å². The Morgan fingerprint density at radius 2 is 0.688 bits per heavy atom. The highest BCUT2D eigenvalue weighted by atomic mass is 16.6. The first-order chi connectivity index (χ1) is 23.4. The van der Waals surface area contributed by atoms with E-state index in [1.165, 1.54) is 116 Å². The molecule has 284 valence electrons. The predicted octanol–water partition coefficient (Wildman–Crippen LogP) is 12.8. The predicted molar refractivity (Wildman–Crippen MR) is 201 cm³/mol. The van der Waals surface area contributed by atoms with Gasteiger partial charge in [-0.3, -0.25) is 14.4 Å². The van der Waals surface area contributed by atoms with Crippen LogP contribution in [0, 0.1) is 5.92 Å². The van der Waals surface area contributed by atoms with Crippen molar-refractivity contribution >= 4 is 17.9 Å². The average molecular weight is 681 g/mol. The molecule has 0 amide bonds. The summed E-state index contributed by atoms with van der Waals surface area (Å²) in [6, 6.07) is 0. The van der Waals surface area contributed by atoms with Crippen LogP contribution in [0.4, 0.5) is 0 Å². The molecule has 0 aliphatic rings. The highest BCUT2D eigenvalue weighted by Gasteiger charge is 2.19. The third-order valence-electron chi connectivity index (χ3n) is 9.29. The zero-order chi connectivity index (χ0) is 35.3. The minimum Gasteiger partial charge on any atom is -0.462 e. The summed E-state index contributed by atoms with van der Waals surface area (Å²) in [7, 11) is 0. The fourth-order valence-electron chi connectivity index (χ4n) is 6.10. The van der Waals surface area contributed by atoms with Gasteiger partial charge >= 0.3 is 17.9 Å². The molecular weight excluding hydrogens is 600 g/mol. The van der Waals surface area contributed by atoms with E-state index in [0.29, 0.717) is 19.3 Å². The quantitative estimate of drug-likeness (QED) is 0.0369. The first-order valence-electron chi connectivity index (χ1n) is 20.9. The Bertz CT molecular complexity index is 721. The van der Waals surface area contributed by atoms with Gasteiger partial charge in [-0.1, -0.05) is 188 Å². The van der Waals surface area contributed by atoms with Crippen LogP contribution in [-0.4, -0.2) is 37.2 Å². The second kappa shape index (κ2) is 36.7. The monoisotopic (exact) mass is 681 g/mol. The number of hydrogen-bond acceptors (Lipinski definition) is 6. The number of carbonyl (C=O) groups excluding carboxylic acids is 3. The molecular formula is C42H80O6. The third kappa shape index (κ3) is 35.7. The molecule has 0 radical (unpaired) electrons. The van der Waals surface area contributed by atoms with E-state index in [2.05, 4.69) is 27.7 Å². The first kappa shape index (κ1) is 46.4. The average Bonchev–Trinajstić information content (AvgIpc) is 3.06. The lowest BCUT2D eigenvalue weighted by molar-refractivity contribution is -0.167. The summed E-state index contributed by atoms with van der Waals surface area (Å²) in [5, 5.41) is 0. The lowest BCUT2D eigenvalue weighted by atomic mass is 10.0. The Kier molecular flexibility index (Phi) is 35.5. The van der Waals surface area contributed by atoms with E-state index in [9.17, 15) is 14.4 Å². The molecule has 6 heteroatoms. The molecule has 0 aromatic carbocycles. The smallest absolute Gasteiger partial charge is 0.306 e. The summed E-state index contributed by atoms with van der Waals surface area (Å²) >= 11 is 0. The maximum Gasteiger partial charge on any atom is 0.306 e. The standard InChI is InChI=1S/C42H80O6/c1-5-7-9-11-21-27-31-35-42(45)48-39(36-46-40(43)33-29-24-10-8-6-2)37-47-41(44)34-30-26-23-20-18-16-14-12-13-15-17-19-22-25-28-32-38(3)4/h38-39H,5-37H2,1-4H3/t39-/m0/s1. The van der Waals surface area contributed by atoms with E-state index in [1.807, 2.05) is 0 Å². The van der Waals surface area contributed by atoms with Crippen molar-refractivity contribution in [3.63, 3.8) is 0 Å². The van der Waals surface area contributed by atoms with Gasteiger partial charge in [0.25, 0.3) is 0 Å². The van der Waals surface area contributed by atoms with Gasteiger partial charge in [0.05, 0.1) is 0 Å². The molecule has 0 N–H and O–H groups in total. The molecule has 0 rings (SSSR count). The molecule has 0 aliphatic heterocycles. The Balaban J connectivity index is 4.07. The molecule has 0 heterocycles.